The van der Waals surface area contributed by atoms with E-state index in [-0.39, 0.29) is 5.41 Å². The lowest BCUT2D eigenvalue weighted by atomic mass is 9.54. The number of nitrogens with zero attached hydrogens (tertiary/aromatic N) is 1. The Bertz CT molecular complexity index is 919. The Balaban J connectivity index is 1.49. The van der Waals surface area contributed by atoms with Crippen LogP contribution in [-0.2, 0) is 18.3 Å². The zero-order chi connectivity index (χ0) is 19.5. The molecule has 0 saturated carbocycles. The van der Waals surface area contributed by atoms with E-state index in [0.717, 1.165) is 30.1 Å². The Morgan fingerprint density at radius 3 is 2.75 bits per heavy atom. The smallest absolute Gasteiger partial charge is 0.0406 e. The zero-order valence-corrected chi connectivity index (χ0v) is 17.5. The Morgan fingerprint density at radius 1 is 1.18 bits per heavy atom. The fraction of sp³-hybridized carbons (Fsp3) is 0.440. The van der Waals surface area contributed by atoms with Crippen LogP contribution >= 0.6 is 11.6 Å². The number of nitrogens with two attached hydrogens (primary N) is 1. The summed E-state index contributed by atoms with van der Waals surface area (Å²) >= 11 is 6.06. The summed E-state index contributed by atoms with van der Waals surface area (Å²) in [6, 6.07) is 16.1. The largest absolute Gasteiger partial charge is 0.399 e. The van der Waals surface area contributed by atoms with Gasteiger partial charge in [-0.25, -0.2) is 0 Å². The average Bonchev–Trinajstić information content (AvgIpc) is 2.69. The molecule has 2 aromatic carbocycles. The maximum Gasteiger partial charge on any atom is 0.0406 e. The molecule has 0 radical (unpaired) electrons. The maximum atomic E-state index is 6.17. The number of piperidine rings is 1. The lowest BCUT2D eigenvalue weighted by Crippen LogP contribution is -2.62. The van der Waals surface area contributed by atoms with Gasteiger partial charge in [-0.1, -0.05) is 48.9 Å². The summed E-state index contributed by atoms with van der Waals surface area (Å²) in [5.74, 6) is 1.32. The summed E-state index contributed by atoms with van der Waals surface area (Å²) in [6.45, 7) is 5.96. The summed E-state index contributed by atoms with van der Waals surface area (Å²) in [4.78, 5) is 2.80. The molecule has 28 heavy (non-hydrogen) atoms. The van der Waals surface area contributed by atoms with E-state index in [1.165, 1.54) is 23.1 Å². The van der Waals surface area contributed by atoms with Gasteiger partial charge in [-0.3, -0.25) is 4.90 Å². The minimum atomic E-state index is 0.1000. The molecule has 4 unspecified atom stereocenters. The SMILES string of the molecule is CC1C2C=C[C@@]3(C)c4cc(N)ccc4CC(C3C2)N1CCc1ccc(Cl)cc1. The van der Waals surface area contributed by atoms with Crippen molar-refractivity contribution >= 4 is 17.3 Å². The second-order valence-electron chi connectivity index (χ2n) is 9.19. The topological polar surface area (TPSA) is 29.3 Å². The molecule has 3 heteroatoms. The first-order chi connectivity index (χ1) is 13.5. The van der Waals surface area contributed by atoms with Gasteiger partial charge in [0.05, 0.1) is 0 Å². The first-order valence-electron chi connectivity index (χ1n) is 10.5. The lowest BCUT2D eigenvalue weighted by Gasteiger charge is -2.59. The van der Waals surface area contributed by atoms with Gasteiger partial charge in [-0.05, 0) is 79.0 Å². The molecule has 1 heterocycles. The summed E-state index contributed by atoms with van der Waals surface area (Å²) in [6.07, 6.45) is 8.51. The highest BCUT2D eigenvalue weighted by atomic mass is 35.5. The van der Waals surface area contributed by atoms with Crippen molar-refractivity contribution in [2.75, 3.05) is 12.3 Å². The monoisotopic (exact) mass is 392 g/mol. The Kier molecular flexibility index (Phi) is 4.33. The number of allylic oxidation sites excluding steroid dienone is 1. The molecule has 1 saturated heterocycles. The highest BCUT2D eigenvalue weighted by Crippen LogP contribution is 2.53. The number of halogens is 1. The van der Waals surface area contributed by atoms with E-state index in [0.29, 0.717) is 23.9 Å². The highest BCUT2D eigenvalue weighted by molar-refractivity contribution is 6.30. The van der Waals surface area contributed by atoms with E-state index in [2.05, 4.69) is 61.2 Å². The minimum Gasteiger partial charge on any atom is -0.399 e. The van der Waals surface area contributed by atoms with Gasteiger partial charge in [0.1, 0.15) is 0 Å². The highest BCUT2D eigenvalue weighted by Gasteiger charge is 2.52. The second kappa shape index (κ2) is 6.64. The molecule has 2 aliphatic carbocycles. The van der Waals surface area contributed by atoms with Gasteiger partial charge in [0, 0.05) is 34.8 Å². The van der Waals surface area contributed by atoms with Crippen LogP contribution in [0.25, 0.3) is 0 Å². The molecule has 1 fully saturated rings. The van der Waals surface area contributed by atoms with Crippen molar-refractivity contribution in [2.24, 2.45) is 11.8 Å². The zero-order valence-electron chi connectivity index (χ0n) is 16.7. The lowest BCUT2D eigenvalue weighted by molar-refractivity contribution is -0.0140. The van der Waals surface area contributed by atoms with E-state index >= 15 is 0 Å². The average molecular weight is 393 g/mol. The maximum absolute atomic E-state index is 6.17. The van der Waals surface area contributed by atoms with Gasteiger partial charge in [0.15, 0.2) is 0 Å². The van der Waals surface area contributed by atoms with Crippen LogP contribution in [0.3, 0.4) is 0 Å². The van der Waals surface area contributed by atoms with Gasteiger partial charge in [0.2, 0.25) is 0 Å². The minimum absolute atomic E-state index is 0.1000. The van der Waals surface area contributed by atoms with Crippen molar-refractivity contribution in [1.29, 1.82) is 0 Å². The van der Waals surface area contributed by atoms with E-state index in [9.17, 15) is 0 Å². The number of hydrogen-bond donors (Lipinski definition) is 1. The third kappa shape index (κ3) is 2.81. The van der Waals surface area contributed by atoms with Crippen LogP contribution in [0.15, 0.2) is 54.6 Å². The number of likely N-dealkylation sites (tertiary alicyclic amines) is 1. The van der Waals surface area contributed by atoms with Gasteiger partial charge in [-0.2, -0.15) is 0 Å². The van der Waals surface area contributed by atoms with Crippen LogP contribution in [0.1, 0.15) is 37.0 Å². The molecular formula is C25H29ClN2. The third-order valence-corrected chi connectivity index (χ3v) is 7.99. The molecule has 0 aromatic heterocycles. The number of fused-ring (bicyclic) bond motifs is 3. The predicted octanol–water partition coefficient (Wildman–Crippen LogP) is 5.24. The molecule has 5 atom stereocenters. The predicted molar refractivity (Wildman–Crippen MR) is 118 cm³/mol. The van der Waals surface area contributed by atoms with E-state index in [1.54, 1.807) is 0 Å². The van der Waals surface area contributed by atoms with Crippen molar-refractivity contribution in [3.05, 3.63) is 76.3 Å². The summed E-state index contributed by atoms with van der Waals surface area (Å²) in [5, 5.41) is 0.814. The van der Waals surface area contributed by atoms with Gasteiger partial charge in [-0.15, -0.1) is 0 Å². The van der Waals surface area contributed by atoms with Crippen molar-refractivity contribution in [1.82, 2.24) is 4.90 Å². The molecule has 2 aromatic rings. The van der Waals surface area contributed by atoms with E-state index < -0.39 is 0 Å². The molecule has 2 bridgehead atoms. The number of rotatable bonds is 3. The Morgan fingerprint density at radius 2 is 1.96 bits per heavy atom. The number of hydrogen-bond acceptors (Lipinski definition) is 2. The summed E-state index contributed by atoms with van der Waals surface area (Å²) in [5.41, 5.74) is 11.5. The number of anilines is 1. The molecule has 2 N–H and O–H groups in total. The fourth-order valence-corrected chi connectivity index (χ4v) is 6.21. The molecule has 0 amide bonds. The van der Waals surface area contributed by atoms with Crippen LogP contribution in [0.5, 0.6) is 0 Å². The van der Waals surface area contributed by atoms with Crippen LogP contribution in [0.2, 0.25) is 5.02 Å². The van der Waals surface area contributed by atoms with Crippen LogP contribution in [0, 0.1) is 11.8 Å². The number of nitrogen functional groups attached to an aromatic ring is 1. The molecule has 5 rings (SSSR count). The van der Waals surface area contributed by atoms with E-state index in [1.807, 2.05) is 12.1 Å². The van der Waals surface area contributed by atoms with Crippen molar-refractivity contribution in [2.45, 2.75) is 50.6 Å². The van der Waals surface area contributed by atoms with Crippen LogP contribution in [-0.4, -0.2) is 23.5 Å². The van der Waals surface area contributed by atoms with Gasteiger partial charge >= 0.3 is 0 Å². The molecular weight excluding hydrogens is 364 g/mol. The van der Waals surface area contributed by atoms with Crippen LogP contribution in [0.4, 0.5) is 5.69 Å². The quantitative estimate of drug-likeness (QED) is 0.571. The third-order valence-electron chi connectivity index (χ3n) is 7.73. The molecule has 2 nitrogen and oxygen atoms in total. The van der Waals surface area contributed by atoms with Crippen molar-refractivity contribution in [3.8, 4) is 0 Å². The standard InChI is InChI=1S/C25H29ClN2/c1-16-18-9-11-25(2)22-15-21(27)8-5-19(22)14-24(23(25)13-18)28(16)12-10-17-3-6-20(26)7-4-17/h3-9,11,15-16,18,23-24H,10,12-14,27H2,1-2H3/t16?,18?,23?,24?,25-/m0/s1. The molecule has 0 spiro atoms. The molecule has 146 valence electrons. The fourth-order valence-electron chi connectivity index (χ4n) is 6.08. The first-order valence-corrected chi connectivity index (χ1v) is 10.9. The number of benzene rings is 2. The van der Waals surface area contributed by atoms with Crippen LogP contribution < -0.4 is 5.73 Å². The first kappa shape index (κ1) is 18.3. The Labute approximate surface area is 173 Å². The molecule has 3 aliphatic rings. The van der Waals surface area contributed by atoms with E-state index in [4.69, 9.17) is 17.3 Å². The second-order valence-corrected chi connectivity index (χ2v) is 9.63. The van der Waals surface area contributed by atoms with Gasteiger partial charge < -0.3 is 5.73 Å². The summed E-state index contributed by atoms with van der Waals surface area (Å²) in [7, 11) is 0. The molecule has 1 aliphatic heterocycles. The van der Waals surface area contributed by atoms with Crippen molar-refractivity contribution in [3.63, 3.8) is 0 Å². The Hall–Kier alpha value is -1.77. The van der Waals surface area contributed by atoms with Crippen molar-refractivity contribution < 1.29 is 0 Å². The normalized spacial score (nSPS) is 33.5. The summed E-state index contributed by atoms with van der Waals surface area (Å²) < 4.78 is 0. The van der Waals surface area contributed by atoms with Gasteiger partial charge in [0.25, 0.3) is 0 Å².